The Labute approximate surface area is 110 Å². The van der Waals surface area contributed by atoms with Gasteiger partial charge in [-0.25, -0.2) is 0 Å². The fraction of sp³-hybridized carbons (Fsp3) is 0.417. The molecule has 104 valence electrons. The van der Waals surface area contributed by atoms with Crippen molar-refractivity contribution in [2.24, 2.45) is 0 Å². The molecule has 19 heavy (non-hydrogen) atoms. The number of nitrogen functional groups attached to an aromatic ring is 2. The Balaban J connectivity index is 2.23. The summed E-state index contributed by atoms with van der Waals surface area (Å²) < 4.78 is 16.3. The zero-order chi connectivity index (χ0) is 14.0. The number of nitrogens with two attached hydrogens (primary N) is 2. The Morgan fingerprint density at radius 3 is 2.89 bits per heavy atom. The van der Waals surface area contributed by atoms with E-state index in [1.807, 2.05) is 0 Å². The van der Waals surface area contributed by atoms with Gasteiger partial charge in [0.15, 0.2) is 11.5 Å². The van der Waals surface area contributed by atoms with E-state index in [0.29, 0.717) is 35.0 Å². The monoisotopic (exact) mass is 268 g/mol. The summed E-state index contributed by atoms with van der Waals surface area (Å²) in [5.41, 5.74) is 12.4. The standard InChI is InChI=1S/C12H16N2O5/c1-17-8-4-7(13)11-12(10(8)14)19-6(5-18-11)2-3-9(15)16/h4,6H,2-3,5,13-14H2,1H3,(H,15,16). The van der Waals surface area contributed by atoms with E-state index < -0.39 is 5.97 Å². The molecule has 0 saturated carbocycles. The zero-order valence-electron chi connectivity index (χ0n) is 10.5. The maximum atomic E-state index is 10.5. The number of hydrogen-bond donors (Lipinski definition) is 3. The molecule has 1 aromatic rings. The molecule has 1 heterocycles. The Hall–Kier alpha value is -2.31. The van der Waals surface area contributed by atoms with Crippen molar-refractivity contribution in [1.29, 1.82) is 0 Å². The first kappa shape index (κ1) is 13.1. The molecule has 0 amide bonds. The molecule has 0 saturated heterocycles. The van der Waals surface area contributed by atoms with E-state index in [9.17, 15) is 4.79 Å². The molecule has 2 rings (SSSR count). The highest BCUT2D eigenvalue weighted by atomic mass is 16.6. The van der Waals surface area contributed by atoms with Gasteiger partial charge < -0.3 is 30.8 Å². The first-order valence-corrected chi connectivity index (χ1v) is 5.80. The Morgan fingerprint density at radius 2 is 2.26 bits per heavy atom. The second-order valence-electron chi connectivity index (χ2n) is 4.22. The molecule has 0 aromatic heterocycles. The third-order valence-electron chi connectivity index (χ3n) is 2.86. The predicted molar refractivity (Wildman–Crippen MR) is 68.6 cm³/mol. The van der Waals surface area contributed by atoms with Gasteiger partial charge in [-0.2, -0.15) is 0 Å². The van der Waals surface area contributed by atoms with Crippen molar-refractivity contribution in [2.75, 3.05) is 25.2 Å². The molecule has 0 radical (unpaired) electrons. The summed E-state index contributed by atoms with van der Waals surface area (Å²) in [6, 6.07) is 1.56. The van der Waals surface area contributed by atoms with Gasteiger partial charge in [-0.1, -0.05) is 0 Å². The molecule has 0 spiro atoms. The van der Waals surface area contributed by atoms with Crippen LogP contribution in [-0.4, -0.2) is 30.9 Å². The second kappa shape index (κ2) is 5.13. The molecular formula is C12H16N2O5. The topological polar surface area (TPSA) is 117 Å². The number of hydrogen-bond acceptors (Lipinski definition) is 6. The summed E-state index contributed by atoms with van der Waals surface area (Å²) in [7, 11) is 1.48. The van der Waals surface area contributed by atoms with Crippen molar-refractivity contribution in [3.05, 3.63) is 6.07 Å². The number of benzene rings is 1. The van der Waals surface area contributed by atoms with E-state index in [2.05, 4.69) is 0 Å². The largest absolute Gasteiger partial charge is 0.494 e. The molecule has 1 aliphatic heterocycles. The van der Waals surface area contributed by atoms with Crippen LogP contribution in [0.15, 0.2) is 6.07 Å². The van der Waals surface area contributed by atoms with Crippen LogP contribution in [0.5, 0.6) is 17.2 Å². The zero-order valence-corrected chi connectivity index (χ0v) is 10.5. The first-order valence-electron chi connectivity index (χ1n) is 5.80. The number of carboxylic acids is 1. The lowest BCUT2D eigenvalue weighted by atomic mass is 10.1. The quantitative estimate of drug-likeness (QED) is 0.693. The van der Waals surface area contributed by atoms with Gasteiger partial charge in [-0.05, 0) is 6.42 Å². The number of aliphatic carboxylic acids is 1. The average molecular weight is 268 g/mol. The van der Waals surface area contributed by atoms with Gasteiger partial charge in [0.05, 0.1) is 12.8 Å². The molecule has 7 heteroatoms. The molecular weight excluding hydrogens is 252 g/mol. The van der Waals surface area contributed by atoms with Crippen LogP contribution in [-0.2, 0) is 4.79 Å². The Kier molecular flexibility index (Phi) is 3.55. The van der Waals surface area contributed by atoms with Crippen LogP contribution in [0.2, 0.25) is 0 Å². The number of ether oxygens (including phenoxy) is 3. The van der Waals surface area contributed by atoms with Crippen molar-refractivity contribution >= 4 is 17.3 Å². The lowest BCUT2D eigenvalue weighted by molar-refractivity contribution is -0.137. The molecule has 5 N–H and O–H groups in total. The smallest absolute Gasteiger partial charge is 0.303 e. The maximum absolute atomic E-state index is 10.5. The van der Waals surface area contributed by atoms with Gasteiger partial charge in [0.2, 0.25) is 0 Å². The van der Waals surface area contributed by atoms with Crippen LogP contribution >= 0.6 is 0 Å². The molecule has 1 aliphatic rings. The summed E-state index contributed by atoms with van der Waals surface area (Å²) in [5.74, 6) is 0.217. The van der Waals surface area contributed by atoms with Crippen LogP contribution in [0.3, 0.4) is 0 Å². The van der Waals surface area contributed by atoms with Crippen molar-refractivity contribution in [3.8, 4) is 17.2 Å². The third-order valence-corrected chi connectivity index (χ3v) is 2.86. The molecule has 7 nitrogen and oxygen atoms in total. The Morgan fingerprint density at radius 1 is 1.53 bits per heavy atom. The van der Waals surface area contributed by atoms with Crippen molar-refractivity contribution < 1.29 is 24.1 Å². The van der Waals surface area contributed by atoms with E-state index >= 15 is 0 Å². The van der Waals surface area contributed by atoms with Crippen LogP contribution in [0, 0.1) is 0 Å². The van der Waals surface area contributed by atoms with Gasteiger partial charge in [0.25, 0.3) is 0 Å². The summed E-state index contributed by atoms with van der Waals surface area (Å²) in [5, 5.41) is 8.66. The molecule has 1 unspecified atom stereocenters. The minimum atomic E-state index is -0.882. The molecule has 0 bridgehead atoms. The minimum absolute atomic E-state index is 0.00269. The van der Waals surface area contributed by atoms with E-state index in [0.717, 1.165) is 0 Å². The number of fused-ring (bicyclic) bond motifs is 1. The van der Waals surface area contributed by atoms with Gasteiger partial charge >= 0.3 is 5.97 Å². The SMILES string of the molecule is COc1cc(N)c2c(c1N)OC(CCC(=O)O)CO2. The number of rotatable bonds is 4. The third kappa shape index (κ3) is 2.59. The van der Waals surface area contributed by atoms with E-state index in [-0.39, 0.29) is 19.1 Å². The van der Waals surface area contributed by atoms with E-state index in [1.165, 1.54) is 7.11 Å². The molecule has 1 aromatic carbocycles. The first-order chi connectivity index (χ1) is 9.02. The van der Waals surface area contributed by atoms with Gasteiger partial charge in [0, 0.05) is 12.5 Å². The predicted octanol–water partition coefficient (Wildman–Crippen LogP) is 0.864. The fourth-order valence-corrected chi connectivity index (χ4v) is 1.89. The van der Waals surface area contributed by atoms with Crippen LogP contribution in [0.1, 0.15) is 12.8 Å². The van der Waals surface area contributed by atoms with Gasteiger partial charge in [-0.3, -0.25) is 4.79 Å². The van der Waals surface area contributed by atoms with Gasteiger partial charge in [-0.15, -0.1) is 0 Å². The number of carbonyl (C=O) groups is 1. The number of carboxylic acid groups (broad SMARTS) is 1. The van der Waals surface area contributed by atoms with E-state index in [1.54, 1.807) is 6.07 Å². The second-order valence-corrected chi connectivity index (χ2v) is 4.22. The van der Waals surface area contributed by atoms with Crippen molar-refractivity contribution in [2.45, 2.75) is 18.9 Å². The minimum Gasteiger partial charge on any atom is -0.494 e. The molecule has 1 atom stereocenters. The fourth-order valence-electron chi connectivity index (χ4n) is 1.89. The number of methoxy groups -OCH3 is 1. The summed E-state index contributed by atoms with van der Waals surface area (Å²) in [6.07, 6.45) is -0.0222. The summed E-state index contributed by atoms with van der Waals surface area (Å²) >= 11 is 0. The van der Waals surface area contributed by atoms with Crippen molar-refractivity contribution in [3.63, 3.8) is 0 Å². The normalized spacial score (nSPS) is 17.0. The lowest BCUT2D eigenvalue weighted by Gasteiger charge is -2.28. The highest BCUT2D eigenvalue weighted by Gasteiger charge is 2.27. The highest BCUT2D eigenvalue weighted by Crippen LogP contribution is 2.47. The van der Waals surface area contributed by atoms with E-state index in [4.69, 9.17) is 30.8 Å². The van der Waals surface area contributed by atoms with Gasteiger partial charge in [0.1, 0.15) is 24.1 Å². The summed E-state index contributed by atoms with van der Waals surface area (Å²) in [6.45, 7) is 0.246. The Bertz CT molecular complexity index is 503. The van der Waals surface area contributed by atoms with Crippen LogP contribution in [0.4, 0.5) is 11.4 Å². The van der Waals surface area contributed by atoms with Crippen LogP contribution < -0.4 is 25.7 Å². The molecule has 0 fully saturated rings. The highest BCUT2D eigenvalue weighted by molar-refractivity contribution is 5.77. The van der Waals surface area contributed by atoms with Crippen LogP contribution in [0.25, 0.3) is 0 Å². The molecule has 0 aliphatic carbocycles. The summed E-state index contributed by atoms with van der Waals surface area (Å²) in [4.78, 5) is 10.5. The maximum Gasteiger partial charge on any atom is 0.303 e. The number of anilines is 2. The average Bonchev–Trinajstić information content (AvgIpc) is 2.40. The van der Waals surface area contributed by atoms with Crippen molar-refractivity contribution in [1.82, 2.24) is 0 Å². The lowest BCUT2D eigenvalue weighted by Crippen LogP contribution is -2.30.